The summed E-state index contributed by atoms with van der Waals surface area (Å²) in [6.45, 7) is 9.08. The Morgan fingerprint density at radius 3 is 1.73 bits per heavy atom. The molecule has 0 unspecified atom stereocenters. The highest BCUT2D eigenvalue weighted by atomic mass is 35.5. The van der Waals surface area contributed by atoms with Crippen LogP contribution in [0, 0.1) is 11.8 Å². The molecule has 0 radical (unpaired) electrons. The van der Waals surface area contributed by atoms with Gasteiger partial charge in [0, 0.05) is 11.6 Å². The van der Waals surface area contributed by atoms with Crippen molar-refractivity contribution < 1.29 is 19.0 Å². The van der Waals surface area contributed by atoms with Crippen molar-refractivity contribution in [2.45, 2.75) is 98.3 Å². The zero-order valence-electron chi connectivity index (χ0n) is 31.9. The maximum atomic E-state index is 12.9. The first-order valence-corrected chi connectivity index (χ1v) is 19.0. The second-order valence-corrected chi connectivity index (χ2v) is 14.0. The molecule has 0 saturated heterocycles. The number of unbranched alkanes of at least 4 members (excludes halogenated alkanes) is 5. The number of halogens is 1. The molecule has 0 atom stereocenters. The Balaban J connectivity index is 1.89. The van der Waals surface area contributed by atoms with E-state index >= 15 is 0 Å². The lowest BCUT2D eigenvalue weighted by atomic mass is 9.97. The van der Waals surface area contributed by atoms with Gasteiger partial charge in [-0.15, -0.1) is 0 Å². The first kappa shape index (κ1) is 43.1. The topological polar surface area (TPSA) is 44.8 Å². The molecule has 0 bridgehead atoms. The summed E-state index contributed by atoms with van der Waals surface area (Å²) in [6, 6.07) is 9.85. The summed E-state index contributed by atoms with van der Waals surface area (Å²) in [6.07, 6.45) is 39.0. The molecule has 0 aromatic heterocycles. The molecule has 0 saturated carbocycles. The lowest BCUT2D eigenvalue weighted by molar-refractivity contribution is -0.129. The third-order valence-electron chi connectivity index (χ3n) is 8.28. The number of rotatable bonds is 24. The Bertz CT molecular complexity index is 1500. The average Bonchev–Trinajstić information content (AvgIpc) is 3.09. The molecule has 0 spiro atoms. The molecule has 2 rings (SSSR count). The summed E-state index contributed by atoms with van der Waals surface area (Å²) < 4.78 is 16.9. The summed E-state index contributed by atoms with van der Waals surface area (Å²) in [4.78, 5) is 12.9. The van der Waals surface area contributed by atoms with Gasteiger partial charge < -0.3 is 14.2 Å². The van der Waals surface area contributed by atoms with E-state index in [2.05, 4.69) is 33.8 Å². The smallest absolute Gasteiger partial charge is 0.336 e. The van der Waals surface area contributed by atoms with Gasteiger partial charge in [0.15, 0.2) is 0 Å². The van der Waals surface area contributed by atoms with Crippen LogP contribution in [0.5, 0.6) is 17.2 Å². The second-order valence-electron chi connectivity index (χ2n) is 13.6. The van der Waals surface area contributed by atoms with E-state index in [1.807, 2.05) is 97.2 Å². The number of esters is 1. The number of allylic oxidation sites excluding steroid dienone is 12. The summed E-state index contributed by atoms with van der Waals surface area (Å²) in [7, 11) is 3.31. The zero-order chi connectivity index (χ0) is 37.1. The van der Waals surface area contributed by atoms with Crippen molar-refractivity contribution in [3.05, 3.63) is 131 Å². The minimum Gasteiger partial charge on any atom is -0.496 e. The molecule has 276 valence electrons. The third kappa shape index (κ3) is 19.8. The van der Waals surface area contributed by atoms with E-state index in [1.54, 1.807) is 20.3 Å². The van der Waals surface area contributed by atoms with Crippen LogP contribution in [0.1, 0.15) is 102 Å². The highest BCUT2D eigenvalue weighted by Gasteiger charge is 2.15. The fourth-order valence-electron chi connectivity index (χ4n) is 5.48. The van der Waals surface area contributed by atoms with Gasteiger partial charge in [0.2, 0.25) is 0 Å². The molecule has 2 aromatic rings. The number of carbonyl (C=O) groups excluding carboxylic acids is 1. The van der Waals surface area contributed by atoms with Gasteiger partial charge in [-0.2, -0.15) is 0 Å². The lowest BCUT2D eigenvalue weighted by Crippen LogP contribution is -2.08. The van der Waals surface area contributed by atoms with Crippen LogP contribution in [0.2, 0.25) is 5.02 Å². The van der Waals surface area contributed by atoms with Crippen LogP contribution in [-0.4, -0.2) is 20.2 Å². The first-order chi connectivity index (χ1) is 24.7. The van der Waals surface area contributed by atoms with Crippen LogP contribution in [0.3, 0.4) is 0 Å². The molecule has 0 heterocycles. The van der Waals surface area contributed by atoms with Crippen LogP contribution in [0.15, 0.2) is 109 Å². The van der Waals surface area contributed by atoms with Gasteiger partial charge >= 0.3 is 5.97 Å². The van der Waals surface area contributed by atoms with Crippen LogP contribution in [-0.2, 0) is 17.6 Å². The number of carbonyl (C=O) groups is 1. The molecule has 4 nitrogen and oxygen atoms in total. The second kappa shape index (κ2) is 26.7. The number of aryl methyl sites for hydroxylation is 1. The number of methoxy groups -OCH3 is 2. The highest BCUT2D eigenvalue weighted by molar-refractivity contribution is 6.32. The fourth-order valence-corrected chi connectivity index (χ4v) is 5.75. The Morgan fingerprint density at radius 2 is 1.14 bits per heavy atom. The molecule has 0 aliphatic rings. The van der Waals surface area contributed by atoms with Crippen LogP contribution in [0.4, 0.5) is 0 Å². The Hall–Kier alpha value is -4.02. The van der Waals surface area contributed by atoms with E-state index in [0.717, 1.165) is 66.9 Å². The van der Waals surface area contributed by atoms with Crippen molar-refractivity contribution in [2.24, 2.45) is 11.8 Å². The molecule has 0 amide bonds. The minimum absolute atomic E-state index is 0.392. The van der Waals surface area contributed by atoms with E-state index < -0.39 is 5.97 Å². The fraction of sp³-hybridized carbons (Fsp3) is 0.413. The van der Waals surface area contributed by atoms with Crippen molar-refractivity contribution in [3.63, 3.8) is 0 Å². The van der Waals surface area contributed by atoms with E-state index in [-0.39, 0.29) is 0 Å². The van der Waals surface area contributed by atoms with Gasteiger partial charge in [0.05, 0.1) is 19.2 Å². The normalized spacial score (nSPS) is 12.6. The van der Waals surface area contributed by atoms with Gasteiger partial charge in [-0.05, 0) is 72.9 Å². The molecule has 0 aliphatic heterocycles. The van der Waals surface area contributed by atoms with Gasteiger partial charge in [-0.3, -0.25) is 0 Å². The zero-order valence-corrected chi connectivity index (χ0v) is 32.7. The molecular formula is C46H61ClO4. The van der Waals surface area contributed by atoms with Gasteiger partial charge in [0.1, 0.15) is 17.2 Å². The number of ether oxygens (including phenoxy) is 3. The van der Waals surface area contributed by atoms with Gasteiger partial charge in [-0.25, -0.2) is 4.79 Å². The number of benzene rings is 2. The Kier molecular flexibility index (Phi) is 22.6. The van der Waals surface area contributed by atoms with Crippen LogP contribution in [0.25, 0.3) is 6.08 Å². The van der Waals surface area contributed by atoms with E-state index in [9.17, 15) is 4.79 Å². The SMILES string of the molecule is COc1ccc(/C=C/C=C/C=C/C=C/C=C/C=C/C=C/C(=O)Oc2cc(CCCC(C)C)cc(OC)c2CCCCCCCCC(C)C)cc1Cl. The number of hydrogen-bond acceptors (Lipinski definition) is 4. The molecule has 51 heavy (non-hydrogen) atoms. The predicted molar refractivity (Wildman–Crippen MR) is 219 cm³/mol. The standard InChI is InChI=1S/C46H61ClO4/c1-37(2)26-21-17-15-16-19-23-30-41-44(50-6)35-40(29-25-27-38(3)4)36-45(41)51-46(48)31-24-20-14-12-10-8-7-9-11-13-18-22-28-39-32-33-43(49-5)42(47)34-39/h7-14,18,20,22,24,28,31-38H,15-17,19,21,23,25-27,29-30H2,1-6H3/b8-7+,11-9+,12-10+,18-13+,20-14+,28-22+,31-24+. The van der Waals surface area contributed by atoms with E-state index in [4.69, 9.17) is 25.8 Å². The van der Waals surface area contributed by atoms with Crippen LogP contribution >= 0.6 is 11.6 Å². The number of hydrogen-bond donors (Lipinski definition) is 0. The minimum atomic E-state index is -0.392. The molecule has 5 heteroatoms. The summed E-state index contributed by atoms with van der Waals surface area (Å²) in [5, 5.41) is 0.591. The molecule has 0 fully saturated rings. The quantitative estimate of drug-likeness (QED) is 0.0357. The predicted octanol–water partition coefficient (Wildman–Crippen LogP) is 13.2. The van der Waals surface area contributed by atoms with Crippen molar-refractivity contribution in [3.8, 4) is 17.2 Å². The van der Waals surface area contributed by atoms with Crippen molar-refractivity contribution >= 4 is 23.6 Å². The average molecular weight is 713 g/mol. The molecule has 0 aliphatic carbocycles. The Labute approximate surface area is 314 Å². The van der Waals surface area contributed by atoms with Gasteiger partial charge in [-0.1, -0.05) is 169 Å². The van der Waals surface area contributed by atoms with E-state index in [0.29, 0.717) is 22.4 Å². The largest absolute Gasteiger partial charge is 0.496 e. The maximum Gasteiger partial charge on any atom is 0.336 e. The van der Waals surface area contributed by atoms with Gasteiger partial charge in [0.25, 0.3) is 0 Å². The summed E-state index contributed by atoms with van der Waals surface area (Å²) in [5.74, 6) is 3.15. The lowest BCUT2D eigenvalue weighted by Gasteiger charge is -2.16. The van der Waals surface area contributed by atoms with Crippen LogP contribution < -0.4 is 14.2 Å². The summed E-state index contributed by atoms with van der Waals surface area (Å²) >= 11 is 6.17. The molecule has 2 aromatic carbocycles. The third-order valence-corrected chi connectivity index (χ3v) is 8.58. The monoisotopic (exact) mass is 712 g/mol. The van der Waals surface area contributed by atoms with Crippen molar-refractivity contribution in [1.29, 1.82) is 0 Å². The van der Waals surface area contributed by atoms with E-state index in [1.165, 1.54) is 38.2 Å². The maximum absolute atomic E-state index is 12.9. The molecule has 0 N–H and O–H groups in total. The van der Waals surface area contributed by atoms with Crippen molar-refractivity contribution in [1.82, 2.24) is 0 Å². The Morgan fingerprint density at radius 1 is 0.608 bits per heavy atom. The highest BCUT2D eigenvalue weighted by Crippen LogP contribution is 2.34. The van der Waals surface area contributed by atoms with Crippen molar-refractivity contribution in [2.75, 3.05) is 14.2 Å². The molecular weight excluding hydrogens is 652 g/mol. The summed E-state index contributed by atoms with van der Waals surface area (Å²) in [5.41, 5.74) is 3.13. The first-order valence-electron chi connectivity index (χ1n) is 18.7.